The van der Waals surface area contributed by atoms with Crippen molar-refractivity contribution in [1.29, 1.82) is 0 Å². The van der Waals surface area contributed by atoms with Gasteiger partial charge in [-0.25, -0.2) is 0 Å². The Kier molecular flexibility index (Phi) is 206. The van der Waals surface area contributed by atoms with E-state index in [2.05, 4.69) is 0 Å². The van der Waals surface area contributed by atoms with Gasteiger partial charge < -0.3 is 0 Å². The van der Waals surface area contributed by atoms with Crippen LogP contribution >= 0.6 is 37.2 Å². The molecule has 0 fully saturated rings. The maximum atomic E-state index is 0. The molecule has 5 heteroatoms. The Morgan fingerprint density at radius 3 is 0.600 bits per heavy atom. The summed E-state index contributed by atoms with van der Waals surface area (Å²) in [5.41, 5.74) is 0. The zero-order valence-electron chi connectivity index (χ0n) is 2.30. The first kappa shape index (κ1) is 39.5. The molecule has 0 amide bonds. The Morgan fingerprint density at radius 1 is 0.600 bits per heavy atom. The standard InChI is InChI=1S/Ce.3ClH.La/h;3*1H;. The summed E-state index contributed by atoms with van der Waals surface area (Å²) in [6.07, 6.45) is 0. The molecule has 0 aliphatic rings. The van der Waals surface area contributed by atoms with E-state index >= 15 is 0 Å². The minimum absolute atomic E-state index is 0. The average molecular weight is 388 g/mol. The van der Waals surface area contributed by atoms with E-state index in [4.69, 9.17) is 0 Å². The molecule has 0 aromatic heterocycles. The predicted molar refractivity (Wildman–Crippen MR) is 21.7 cm³/mol. The molecule has 5 heavy (non-hydrogen) atoms. The van der Waals surface area contributed by atoms with Crippen molar-refractivity contribution in [3.05, 3.63) is 0 Å². The van der Waals surface area contributed by atoms with Crippen LogP contribution in [0.1, 0.15) is 0 Å². The topological polar surface area (TPSA) is 0 Å². The first-order valence-corrected chi connectivity index (χ1v) is 0. The summed E-state index contributed by atoms with van der Waals surface area (Å²) >= 11 is 0. The molecule has 0 saturated carbocycles. The third-order valence-electron chi connectivity index (χ3n) is 0. The van der Waals surface area contributed by atoms with Crippen molar-refractivity contribution in [1.82, 2.24) is 0 Å². The fourth-order valence-corrected chi connectivity index (χ4v) is 0. The zero-order valence-corrected chi connectivity index (χ0v) is 11.5. The van der Waals surface area contributed by atoms with Gasteiger partial charge in [-0.3, -0.25) is 0 Å². The van der Waals surface area contributed by atoms with Gasteiger partial charge in [-0.15, -0.1) is 37.2 Å². The van der Waals surface area contributed by atoms with Crippen LogP contribution in [0.2, 0.25) is 0 Å². The van der Waals surface area contributed by atoms with Gasteiger partial charge in [-0.2, -0.15) is 0 Å². The average Bonchev–Trinajstić information content (AvgIpc) is 0. The van der Waals surface area contributed by atoms with Crippen molar-refractivity contribution in [3.63, 3.8) is 0 Å². The molecule has 0 bridgehead atoms. The third kappa shape index (κ3) is 18.6. The molecule has 0 aromatic carbocycles. The Labute approximate surface area is 112 Å². The molecule has 0 N–H and O–H groups in total. The molecular weight excluding hydrogens is 385 g/mol. The van der Waals surface area contributed by atoms with Crippen LogP contribution in [0.25, 0.3) is 0 Å². The van der Waals surface area contributed by atoms with E-state index in [9.17, 15) is 0 Å². The summed E-state index contributed by atoms with van der Waals surface area (Å²) in [4.78, 5) is 0. The van der Waals surface area contributed by atoms with E-state index in [0.29, 0.717) is 0 Å². The van der Waals surface area contributed by atoms with Crippen LogP contribution in [0.3, 0.4) is 0 Å². The van der Waals surface area contributed by atoms with Crippen LogP contribution in [0, 0.1) is 77.3 Å². The second-order valence-electron chi connectivity index (χ2n) is 0. The van der Waals surface area contributed by atoms with Gasteiger partial charge in [0.15, 0.2) is 0 Å². The first-order valence-electron chi connectivity index (χ1n) is 0. The molecular formula is H3CeCl3La. The van der Waals surface area contributed by atoms with Crippen molar-refractivity contribution in [3.8, 4) is 0 Å². The molecule has 0 nitrogen and oxygen atoms in total. The Hall–Kier alpha value is 3.44. The van der Waals surface area contributed by atoms with Gasteiger partial charge in [0, 0.05) is 77.3 Å². The normalized spacial score (nSPS) is 0. The third-order valence-corrected chi connectivity index (χ3v) is 0. The fraction of sp³-hybridized carbons (Fsp3) is 0. The zero-order chi connectivity index (χ0) is 0. The molecule has 0 heterocycles. The molecule has 0 aromatic rings. The van der Waals surface area contributed by atoms with Gasteiger partial charge in [0.25, 0.3) is 0 Å². The number of rotatable bonds is 0. The second-order valence-corrected chi connectivity index (χ2v) is 0. The number of hydrogen-bond acceptors (Lipinski definition) is 0. The minimum atomic E-state index is 0. The van der Waals surface area contributed by atoms with Gasteiger partial charge in [0.05, 0.1) is 0 Å². The Morgan fingerprint density at radius 2 is 0.600 bits per heavy atom. The summed E-state index contributed by atoms with van der Waals surface area (Å²) in [6, 6.07) is 0. The van der Waals surface area contributed by atoms with Crippen LogP contribution in [-0.2, 0) is 0 Å². The van der Waals surface area contributed by atoms with E-state index < -0.39 is 0 Å². The van der Waals surface area contributed by atoms with Gasteiger partial charge in [0.2, 0.25) is 0 Å². The summed E-state index contributed by atoms with van der Waals surface area (Å²) in [7, 11) is 0. The van der Waals surface area contributed by atoms with Crippen LogP contribution in [0.15, 0.2) is 0 Å². The summed E-state index contributed by atoms with van der Waals surface area (Å²) < 4.78 is 0. The maximum Gasteiger partial charge on any atom is 0 e. The molecule has 0 spiro atoms. The molecule has 0 aliphatic carbocycles. The van der Waals surface area contributed by atoms with Gasteiger partial charge in [0.1, 0.15) is 0 Å². The first-order chi connectivity index (χ1) is 0. The Bertz CT molecular complexity index is 6.85. The quantitative estimate of drug-likeness (QED) is 0.586. The van der Waals surface area contributed by atoms with Crippen molar-refractivity contribution < 1.29 is 77.3 Å². The largest absolute Gasteiger partial charge is 0.147 e. The number of hydrogen-bond donors (Lipinski definition) is 0. The summed E-state index contributed by atoms with van der Waals surface area (Å²) in [5, 5.41) is 0. The van der Waals surface area contributed by atoms with E-state index in [0.717, 1.165) is 0 Å². The fourth-order valence-electron chi connectivity index (χ4n) is 0. The predicted octanol–water partition coefficient (Wildman–Crippen LogP) is 1.27. The van der Waals surface area contributed by atoms with Crippen LogP contribution in [0.4, 0.5) is 0 Å². The number of halogens is 3. The van der Waals surface area contributed by atoms with Gasteiger partial charge in [-0.05, 0) is 0 Å². The van der Waals surface area contributed by atoms with Crippen LogP contribution < -0.4 is 0 Å². The molecule has 0 atom stereocenters. The van der Waals surface area contributed by atoms with E-state index in [1.807, 2.05) is 0 Å². The Balaban J connectivity index is 0. The summed E-state index contributed by atoms with van der Waals surface area (Å²) in [6.45, 7) is 0. The minimum Gasteiger partial charge on any atom is -0.147 e. The van der Waals surface area contributed by atoms with E-state index in [-0.39, 0.29) is 115 Å². The van der Waals surface area contributed by atoms with Gasteiger partial charge >= 0.3 is 0 Å². The molecule has 1 radical (unpaired) electrons. The maximum absolute atomic E-state index is 0. The molecule has 31 valence electrons. The van der Waals surface area contributed by atoms with Crippen LogP contribution in [0.5, 0.6) is 0 Å². The van der Waals surface area contributed by atoms with E-state index in [1.54, 1.807) is 0 Å². The van der Waals surface area contributed by atoms with Crippen LogP contribution in [-0.4, -0.2) is 0 Å². The van der Waals surface area contributed by atoms with Crippen molar-refractivity contribution in [2.24, 2.45) is 0 Å². The van der Waals surface area contributed by atoms with Crippen molar-refractivity contribution >= 4 is 37.2 Å². The molecule has 0 rings (SSSR count). The SMILES string of the molecule is Cl.Cl.Cl.[Ce].[La]. The van der Waals surface area contributed by atoms with E-state index in [1.165, 1.54) is 0 Å². The monoisotopic (exact) mass is 387 g/mol. The summed E-state index contributed by atoms with van der Waals surface area (Å²) in [5.74, 6) is 0. The van der Waals surface area contributed by atoms with Crippen molar-refractivity contribution in [2.75, 3.05) is 0 Å². The molecule has 0 saturated heterocycles. The second kappa shape index (κ2) is 26.1. The molecule has 0 aliphatic heterocycles. The van der Waals surface area contributed by atoms with Crippen molar-refractivity contribution in [2.45, 2.75) is 0 Å². The molecule has 0 unspecified atom stereocenters. The smallest absolute Gasteiger partial charge is 0 e. The van der Waals surface area contributed by atoms with Gasteiger partial charge in [-0.1, -0.05) is 0 Å².